The highest BCUT2D eigenvalue weighted by Crippen LogP contribution is 2.36. The van der Waals surface area contributed by atoms with Crippen molar-refractivity contribution in [2.24, 2.45) is 0 Å². The molecule has 0 saturated heterocycles. The molecule has 1 aromatic carbocycles. The van der Waals surface area contributed by atoms with Gasteiger partial charge in [-0.15, -0.1) is 0 Å². The van der Waals surface area contributed by atoms with Gasteiger partial charge in [0.05, 0.1) is 0 Å². The zero-order valence-corrected chi connectivity index (χ0v) is 9.85. The molecule has 1 N–H and O–H groups in total. The first kappa shape index (κ1) is 15.2. The number of alkyl halides is 3. The lowest BCUT2D eigenvalue weighted by Gasteiger charge is -2.22. The predicted octanol–water partition coefficient (Wildman–Crippen LogP) is 2.00. The standard InChI is InChI=1S/C12H11F3O4/c1-19-10(11(17)18)9(16)8(12(13,14)15)7-5-3-2-4-6-7/h2-6,8,10H,1H3,(H,17,18)/t8?,10-/m0/s1. The van der Waals surface area contributed by atoms with E-state index >= 15 is 0 Å². The first-order chi connectivity index (χ1) is 8.79. The third kappa shape index (κ3) is 3.54. The molecule has 0 amide bonds. The second kappa shape index (κ2) is 5.83. The zero-order valence-electron chi connectivity index (χ0n) is 9.85. The molecule has 19 heavy (non-hydrogen) atoms. The van der Waals surface area contributed by atoms with Crippen molar-refractivity contribution in [3.63, 3.8) is 0 Å². The summed E-state index contributed by atoms with van der Waals surface area (Å²) in [5, 5.41) is 8.69. The van der Waals surface area contributed by atoms with E-state index in [0.29, 0.717) is 0 Å². The molecule has 2 atom stereocenters. The maximum absolute atomic E-state index is 12.9. The Balaban J connectivity index is 3.20. The maximum Gasteiger partial charge on any atom is 0.402 e. The fourth-order valence-electron chi connectivity index (χ4n) is 1.65. The third-order valence-electron chi connectivity index (χ3n) is 2.46. The van der Waals surface area contributed by atoms with Crippen LogP contribution in [0.15, 0.2) is 30.3 Å². The van der Waals surface area contributed by atoms with Gasteiger partial charge in [0.15, 0.2) is 5.78 Å². The molecule has 0 bridgehead atoms. The second-order valence-electron chi connectivity index (χ2n) is 3.74. The van der Waals surface area contributed by atoms with E-state index in [9.17, 15) is 22.8 Å². The molecule has 0 radical (unpaired) electrons. The molecule has 0 saturated carbocycles. The molecule has 1 unspecified atom stereocenters. The van der Waals surface area contributed by atoms with Crippen LogP contribution in [0.5, 0.6) is 0 Å². The summed E-state index contributed by atoms with van der Waals surface area (Å²) in [5.74, 6) is -5.82. The largest absolute Gasteiger partial charge is 0.479 e. The van der Waals surface area contributed by atoms with Crippen molar-refractivity contribution in [3.05, 3.63) is 35.9 Å². The van der Waals surface area contributed by atoms with E-state index in [4.69, 9.17) is 5.11 Å². The van der Waals surface area contributed by atoms with Crippen LogP contribution >= 0.6 is 0 Å². The average molecular weight is 276 g/mol. The number of carboxylic acid groups (broad SMARTS) is 1. The quantitative estimate of drug-likeness (QED) is 0.835. The topological polar surface area (TPSA) is 63.6 Å². The minimum absolute atomic E-state index is 0.316. The van der Waals surface area contributed by atoms with Crippen molar-refractivity contribution < 1.29 is 32.6 Å². The number of Topliss-reactive ketones (excluding diaryl/α,β-unsaturated/α-hetero) is 1. The van der Waals surface area contributed by atoms with E-state index in [1.54, 1.807) is 0 Å². The lowest BCUT2D eigenvalue weighted by Crippen LogP contribution is -2.41. The maximum atomic E-state index is 12.9. The van der Waals surface area contributed by atoms with Crippen molar-refractivity contribution in [1.82, 2.24) is 0 Å². The number of carbonyl (C=O) groups excluding carboxylic acids is 1. The van der Waals surface area contributed by atoms with Crippen LogP contribution in [0.1, 0.15) is 11.5 Å². The van der Waals surface area contributed by atoms with E-state index in [0.717, 1.165) is 19.2 Å². The lowest BCUT2D eigenvalue weighted by atomic mass is 9.91. The number of ether oxygens (including phenoxy) is 1. The van der Waals surface area contributed by atoms with Crippen LogP contribution in [0.3, 0.4) is 0 Å². The summed E-state index contributed by atoms with van der Waals surface area (Å²) in [7, 11) is 0.870. The van der Waals surface area contributed by atoms with Gasteiger partial charge in [-0.25, -0.2) is 4.79 Å². The van der Waals surface area contributed by atoms with Gasteiger partial charge in [-0.2, -0.15) is 13.2 Å². The first-order valence-corrected chi connectivity index (χ1v) is 5.20. The highest BCUT2D eigenvalue weighted by atomic mass is 19.4. The normalized spacial score (nSPS) is 14.7. The van der Waals surface area contributed by atoms with Crippen molar-refractivity contribution in [2.45, 2.75) is 18.2 Å². The Morgan fingerprint density at radius 3 is 2.11 bits per heavy atom. The van der Waals surface area contributed by atoms with E-state index in [1.165, 1.54) is 18.2 Å². The molecule has 4 nitrogen and oxygen atoms in total. The fraction of sp³-hybridized carbons (Fsp3) is 0.333. The van der Waals surface area contributed by atoms with Gasteiger partial charge in [-0.05, 0) is 5.56 Å². The van der Waals surface area contributed by atoms with Crippen molar-refractivity contribution in [3.8, 4) is 0 Å². The number of hydrogen-bond donors (Lipinski definition) is 1. The number of aliphatic carboxylic acids is 1. The highest BCUT2D eigenvalue weighted by Gasteiger charge is 2.49. The molecular weight excluding hydrogens is 265 g/mol. The van der Waals surface area contributed by atoms with E-state index in [1.807, 2.05) is 0 Å². The van der Waals surface area contributed by atoms with Gasteiger partial charge in [0, 0.05) is 7.11 Å². The smallest absolute Gasteiger partial charge is 0.402 e. The summed E-state index contributed by atoms with van der Waals surface area (Å²) in [5.41, 5.74) is -0.316. The Labute approximate surface area is 106 Å². The molecule has 0 fully saturated rings. The lowest BCUT2D eigenvalue weighted by molar-refractivity contribution is -0.174. The third-order valence-corrected chi connectivity index (χ3v) is 2.46. The van der Waals surface area contributed by atoms with E-state index in [-0.39, 0.29) is 5.56 Å². The molecule has 104 valence electrons. The van der Waals surface area contributed by atoms with E-state index < -0.39 is 30.0 Å². The van der Waals surface area contributed by atoms with Crippen molar-refractivity contribution in [1.29, 1.82) is 0 Å². The Morgan fingerprint density at radius 2 is 1.74 bits per heavy atom. The Morgan fingerprint density at radius 1 is 1.21 bits per heavy atom. The average Bonchev–Trinajstić information content (AvgIpc) is 2.28. The first-order valence-electron chi connectivity index (χ1n) is 5.20. The molecule has 1 rings (SSSR count). The Bertz CT molecular complexity index is 456. The minimum atomic E-state index is -4.88. The van der Waals surface area contributed by atoms with Gasteiger partial charge in [-0.1, -0.05) is 30.3 Å². The number of methoxy groups -OCH3 is 1. The number of hydrogen-bond acceptors (Lipinski definition) is 3. The number of benzene rings is 1. The van der Waals surface area contributed by atoms with Crippen molar-refractivity contribution in [2.75, 3.05) is 7.11 Å². The van der Waals surface area contributed by atoms with Crippen LogP contribution in [0.25, 0.3) is 0 Å². The summed E-state index contributed by atoms with van der Waals surface area (Å²) >= 11 is 0. The van der Waals surface area contributed by atoms with Gasteiger partial charge in [0.1, 0.15) is 5.92 Å². The number of rotatable bonds is 5. The van der Waals surface area contributed by atoms with Crippen LogP contribution in [0.2, 0.25) is 0 Å². The van der Waals surface area contributed by atoms with Gasteiger partial charge >= 0.3 is 12.1 Å². The Kier molecular flexibility index (Phi) is 4.66. The molecule has 0 heterocycles. The van der Waals surface area contributed by atoms with Gasteiger partial charge in [0.2, 0.25) is 6.10 Å². The monoisotopic (exact) mass is 276 g/mol. The molecule has 7 heteroatoms. The van der Waals surface area contributed by atoms with Crippen molar-refractivity contribution >= 4 is 11.8 Å². The molecule has 0 aliphatic carbocycles. The molecule has 1 aromatic rings. The molecule has 0 aliphatic rings. The van der Waals surface area contributed by atoms with E-state index in [2.05, 4.69) is 4.74 Å². The Hall–Kier alpha value is -1.89. The fourth-order valence-corrected chi connectivity index (χ4v) is 1.65. The molecular formula is C12H11F3O4. The van der Waals surface area contributed by atoms with Crippen LogP contribution in [0, 0.1) is 0 Å². The summed E-state index contributed by atoms with van der Waals surface area (Å²) in [4.78, 5) is 22.5. The summed E-state index contributed by atoms with van der Waals surface area (Å²) in [6.45, 7) is 0. The van der Waals surface area contributed by atoms with Crippen LogP contribution in [-0.2, 0) is 14.3 Å². The predicted molar refractivity (Wildman–Crippen MR) is 58.7 cm³/mol. The number of carboxylic acids is 1. The molecule has 0 aliphatic heterocycles. The van der Waals surface area contributed by atoms with Gasteiger partial charge in [0.25, 0.3) is 0 Å². The van der Waals surface area contributed by atoms with Gasteiger partial charge < -0.3 is 9.84 Å². The van der Waals surface area contributed by atoms with Crippen LogP contribution in [0.4, 0.5) is 13.2 Å². The zero-order chi connectivity index (χ0) is 14.6. The SMILES string of the molecule is CO[C@H](C(=O)O)C(=O)C(c1ccccc1)C(F)(F)F. The number of carbonyl (C=O) groups is 2. The minimum Gasteiger partial charge on any atom is -0.479 e. The number of ketones is 1. The number of halogens is 3. The molecule has 0 spiro atoms. The van der Waals surface area contributed by atoms with Gasteiger partial charge in [-0.3, -0.25) is 4.79 Å². The van der Waals surface area contributed by atoms with Crippen LogP contribution in [-0.4, -0.2) is 36.2 Å². The highest BCUT2D eigenvalue weighted by molar-refractivity contribution is 6.04. The van der Waals surface area contributed by atoms with Crippen LogP contribution < -0.4 is 0 Å². The summed E-state index contributed by atoms with van der Waals surface area (Å²) in [6, 6.07) is 6.40. The second-order valence-corrected chi connectivity index (χ2v) is 3.74. The molecule has 0 aromatic heterocycles. The summed E-state index contributed by atoms with van der Waals surface area (Å²) < 4.78 is 43.2. The summed E-state index contributed by atoms with van der Waals surface area (Å²) in [6.07, 6.45) is -7.03.